The van der Waals surface area contributed by atoms with Crippen molar-refractivity contribution in [2.75, 3.05) is 0 Å². The summed E-state index contributed by atoms with van der Waals surface area (Å²) in [5.74, 6) is 0. The van der Waals surface area contributed by atoms with Crippen LogP contribution in [-0.2, 0) is 6.54 Å². The summed E-state index contributed by atoms with van der Waals surface area (Å²) >= 11 is 0. The summed E-state index contributed by atoms with van der Waals surface area (Å²) in [5, 5.41) is 8.15. The molecule has 3 rings (SSSR count). The lowest BCUT2D eigenvalue weighted by molar-refractivity contribution is 0.460. The van der Waals surface area contributed by atoms with Crippen molar-refractivity contribution in [3.63, 3.8) is 0 Å². The second kappa shape index (κ2) is 3.97. The van der Waals surface area contributed by atoms with E-state index in [0.29, 0.717) is 6.04 Å². The van der Waals surface area contributed by atoms with Crippen LogP contribution in [0.2, 0.25) is 0 Å². The first-order chi connectivity index (χ1) is 7.42. The molecule has 0 radical (unpaired) electrons. The molecule has 0 spiro atoms. The lowest BCUT2D eigenvalue weighted by Crippen LogP contribution is -2.16. The molecule has 82 valence electrons. The van der Waals surface area contributed by atoms with Crippen molar-refractivity contribution in [1.82, 2.24) is 15.1 Å². The number of nitrogens with zero attached hydrogens (tertiary/aromatic N) is 2. The van der Waals surface area contributed by atoms with E-state index in [1.54, 1.807) is 0 Å². The standard InChI is InChI=1S/C12H19N3/c1-2-4-12(3-1)15-8-7-11(14-15)9-13-10-5-6-10/h7-8,10,12-13H,1-6,9H2. The molecule has 1 aromatic heterocycles. The molecule has 0 atom stereocenters. The van der Waals surface area contributed by atoms with Gasteiger partial charge in [0.15, 0.2) is 0 Å². The highest BCUT2D eigenvalue weighted by Gasteiger charge is 2.21. The Kier molecular flexibility index (Phi) is 2.49. The first kappa shape index (κ1) is 9.40. The number of rotatable bonds is 4. The van der Waals surface area contributed by atoms with Gasteiger partial charge >= 0.3 is 0 Å². The Labute approximate surface area is 90.9 Å². The van der Waals surface area contributed by atoms with Gasteiger partial charge in [-0.05, 0) is 31.7 Å². The molecule has 1 aromatic rings. The second-order valence-electron chi connectivity index (χ2n) is 4.88. The van der Waals surface area contributed by atoms with E-state index in [4.69, 9.17) is 0 Å². The van der Waals surface area contributed by atoms with Crippen LogP contribution in [0.5, 0.6) is 0 Å². The van der Waals surface area contributed by atoms with Crippen LogP contribution in [0.25, 0.3) is 0 Å². The molecule has 0 bridgehead atoms. The summed E-state index contributed by atoms with van der Waals surface area (Å²) in [6, 6.07) is 3.62. The Morgan fingerprint density at radius 3 is 2.80 bits per heavy atom. The van der Waals surface area contributed by atoms with Crippen LogP contribution < -0.4 is 5.32 Å². The fourth-order valence-electron chi connectivity index (χ4n) is 2.38. The molecule has 0 saturated heterocycles. The third-order valence-electron chi connectivity index (χ3n) is 3.51. The van der Waals surface area contributed by atoms with Gasteiger partial charge in [-0.3, -0.25) is 4.68 Å². The van der Waals surface area contributed by atoms with Crippen molar-refractivity contribution in [1.29, 1.82) is 0 Å². The zero-order valence-corrected chi connectivity index (χ0v) is 9.15. The predicted octanol–water partition coefficient (Wildman–Crippen LogP) is 2.25. The molecule has 0 aromatic carbocycles. The number of hydrogen-bond donors (Lipinski definition) is 1. The van der Waals surface area contributed by atoms with E-state index >= 15 is 0 Å². The topological polar surface area (TPSA) is 29.9 Å². The molecule has 3 nitrogen and oxygen atoms in total. The highest BCUT2D eigenvalue weighted by Crippen LogP contribution is 2.28. The Morgan fingerprint density at radius 2 is 2.07 bits per heavy atom. The van der Waals surface area contributed by atoms with E-state index in [1.807, 2.05) is 0 Å². The van der Waals surface area contributed by atoms with Crippen molar-refractivity contribution in [2.45, 2.75) is 57.2 Å². The lowest BCUT2D eigenvalue weighted by Gasteiger charge is -2.08. The summed E-state index contributed by atoms with van der Waals surface area (Å²) in [6.07, 6.45) is 10.2. The van der Waals surface area contributed by atoms with Crippen LogP contribution in [-0.4, -0.2) is 15.8 Å². The van der Waals surface area contributed by atoms with E-state index in [0.717, 1.165) is 12.6 Å². The van der Waals surface area contributed by atoms with Gasteiger partial charge in [-0.2, -0.15) is 5.10 Å². The van der Waals surface area contributed by atoms with Crippen LogP contribution in [0.4, 0.5) is 0 Å². The highest BCUT2D eigenvalue weighted by molar-refractivity contribution is 5.01. The van der Waals surface area contributed by atoms with E-state index in [2.05, 4.69) is 27.4 Å². The van der Waals surface area contributed by atoms with Gasteiger partial charge in [0.1, 0.15) is 0 Å². The summed E-state index contributed by atoms with van der Waals surface area (Å²) in [5.41, 5.74) is 1.20. The molecule has 3 heteroatoms. The van der Waals surface area contributed by atoms with Crippen molar-refractivity contribution in [2.24, 2.45) is 0 Å². The van der Waals surface area contributed by atoms with Gasteiger partial charge in [0.25, 0.3) is 0 Å². The minimum Gasteiger partial charge on any atom is -0.308 e. The maximum Gasteiger partial charge on any atom is 0.0762 e. The average molecular weight is 205 g/mol. The normalized spacial score (nSPS) is 22.4. The highest BCUT2D eigenvalue weighted by atomic mass is 15.3. The Morgan fingerprint density at radius 1 is 1.27 bits per heavy atom. The number of aromatic nitrogens is 2. The van der Waals surface area contributed by atoms with Crippen LogP contribution >= 0.6 is 0 Å². The van der Waals surface area contributed by atoms with Gasteiger partial charge in [-0.1, -0.05) is 12.8 Å². The van der Waals surface area contributed by atoms with Crippen LogP contribution in [0.15, 0.2) is 12.3 Å². The smallest absolute Gasteiger partial charge is 0.0762 e. The predicted molar refractivity (Wildman–Crippen MR) is 59.6 cm³/mol. The quantitative estimate of drug-likeness (QED) is 0.817. The summed E-state index contributed by atoms with van der Waals surface area (Å²) in [6.45, 7) is 0.949. The van der Waals surface area contributed by atoms with Crippen LogP contribution in [0, 0.1) is 0 Å². The molecule has 2 fully saturated rings. The van der Waals surface area contributed by atoms with E-state index in [9.17, 15) is 0 Å². The first-order valence-corrected chi connectivity index (χ1v) is 6.19. The summed E-state index contributed by atoms with van der Waals surface area (Å²) in [7, 11) is 0. The van der Waals surface area contributed by atoms with Gasteiger partial charge in [-0.15, -0.1) is 0 Å². The maximum absolute atomic E-state index is 4.65. The SMILES string of the molecule is c1cn(C2CCCC2)nc1CNC1CC1. The summed E-state index contributed by atoms with van der Waals surface area (Å²) < 4.78 is 2.18. The zero-order valence-electron chi connectivity index (χ0n) is 9.15. The second-order valence-corrected chi connectivity index (χ2v) is 4.88. The van der Waals surface area contributed by atoms with Crippen molar-refractivity contribution < 1.29 is 0 Å². The number of hydrogen-bond acceptors (Lipinski definition) is 2. The maximum atomic E-state index is 4.65. The summed E-state index contributed by atoms with van der Waals surface area (Å²) in [4.78, 5) is 0. The van der Waals surface area contributed by atoms with Gasteiger partial charge < -0.3 is 5.32 Å². The van der Waals surface area contributed by atoms with Crippen LogP contribution in [0.1, 0.15) is 50.3 Å². The third-order valence-corrected chi connectivity index (χ3v) is 3.51. The Hall–Kier alpha value is -0.830. The monoisotopic (exact) mass is 205 g/mol. The molecular weight excluding hydrogens is 186 g/mol. The van der Waals surface area contributed by atoms with Crippen molar-refractivity contribution in [3.05, 3.63) is 18.0 Å². The van der Waals surface area contributed by atoms with E-state index < -0.39 is 0 Å². The molecule has 2 aliphatic carbocycles. The molecule has 2 saturated carbocycles. The molecule has 0 aliphatic heterocycles. The van der Waals surface area contributed by atoms with Gasteiger partial charge in [0, 0.05) is 18.8 Å². The van der Waals surface area contributed by atoms with E-state index in [1.165, 1.54) is 44.2 Å². The molecular formula is C12H19N3. The third kappa shape index (κ3) is 2.23. The van der Waals surface area contributed by atoms with Gasteiger partial charge in [0.05, 0.1) is 11.7 Å². The molecule has 15 heavy (non-hydrogen) atoms. The zero-order chi connectivity index (χ0) is 10.1. The first-order valence-electron chi connectivity index (χ1n) is 6.19. The number of nitrogens with one attached hydrogen (secondary N) is 1. The minimum absolute atomic E-state index is 0.680. The lowest BCUT2D eigenvalue weighted by atomic mass is 10.3. The average Bonchev–Trinajstić information content (AvgIpc) is 2.78. The van der Waals surface area contributed by atoms with Gasteiger partial charge in [0.2, 0.25) is 0 Å². The van der Waals surface area contributed by atoms with Crippen LogP contribution in [0.3, 0.4) is 0 Å². The Bertz CT molecular complexity index is 321. The minimum atomic E-state index is 0.680. The molecule has 2 aliphatic rings. The Balaban J connectivity index is 1.59. The largest absolute Gasteiger partial charge is 0.308 e. The van der Waals surface area contributed by atoms with Gasteiger partial charge in [-0.25, -0.2) is 0 Å². The molecule has 1 N–H and O–H groups in total. The van der Waals surface area contributed by atoms with Crippen molar-refractivity contribution in [3.8, 4) is 0 Å². The van der Waals surface area contributed by atoms with Crippen molar-refractivity contribution >= 4 is 0 Å². The fourth-order valence-corrected chi connectivity index (χ4v) is 2.38. The fraction of sp³-hybridized carbons (Fsp3) is 0.750. The molecule has 1 heterocycles. The van der Waals surface area contributed by atoms with E-state index in [-0.39, 0.29) is 0 Å². The molecule has 0 amide bonds. The molecule has 0 unspecified atom stereocenters.